The number of hydrogen-bond donors (Lipinski definition) is 1. The number of fused-ring (bicyclic) bond motifs is 1. The summed E-state index contributed by atoms with van der Waals surface area (Å²) in [6, 6.07) is 9.73. The SMILES string of the molecule is CC(C)CCNC(=O)c1cccc(N2C(=O)c3ccc([N+](=O)[O-])cc3C2=O)c1. The number of carbonyl (C=O) groups excluding carboxylic acids is 3. The van der Waals surface area contributed by atoms with Crippen LogP contribution in [0.1, 0.15) is 51.3 Å². The normalized spacial score (nSPS) is 13.0. The molecule has 0 unspecified atom stereocenters. The van der Waals surface area contributed by atoms with Gasteiger partial charge in [-0.15, -0.1) is 0 Å². The Hall–Kier alpha value is -3.55. The third-order valence-corrected chi connectivity index (χ3v) is 4.45. The number of hydrogen-bond acceptors (Lipinski definition) is 5. The smallest absolute Gasteiger partial charge is 0.270 e. The summed E-state index contributed by atoms with van der Waals surface area (Å²) >= 11 is 0. The first-order chi connectivity index (χ1) is 13.3. The highest BCUT2D eigenvalue weighted by Gasteiger charge is 2.38. The first kappa shape index (κ1) is 19.2. The van der Waals surface area contributed by atoms with Crippen LogP contribution < -0.4 is 10.2 Å². The Morgan fingerprint density at radius 1 is 1.11 bits per heavy atom. The predicted molar refractivity (Wildman–Crippen MR) is 102 cm³/mol. The number of nitro groups is 1. The molecule has 0 aromatic heterocycles. The number of carbonyl (C=O) groups is 3. The topological polar surface area (TPSA) is 110 Å². The summed E-state index contributed by atoms with van der Waals surface area (Å²) in [4.78, 5) is 48.9. The molecule has 8 heteroatoms. The fourth-order valence-corrected chi connectivity index (χ4v) is 2.94. The Morgan fingerprint density at radius 2 is 1.82 bits per heavy atom. The van der Waals surface area contributed by atoms with Crippen molar-refractivity contribution in [3.63, 3.8) is 0 Å². The fourth-order valence-electron chi connectivity index (χ4n) is 2.94. The van der Waals surface area contributed by atoms with Crippen LogP contribution in [-0.2, 0) is 0 Å². The monoisotopic (exact) mass is 381 g/mol. The number of nitrogens with one attached hydrogen (secondary N) is 1. The average molecular weight is 381 g/mol. The van der Waals surface area contributed by atoms with Crippen molar-refractivity contribution in [3.05, 3.63) is 69.3 Å². The van der Waals surface area contributed by atoms with E-state index < -0.39 is 16.7 Å². The first-order valence-electron chi connectivity index (χ1n) is 8.85. The van der Waals surface area contributed by atoms with Crippen molar-refractivity contribution in [1.82, 2.24) is 5.32 Å². The number of amides is 3. The molecule has 1 N–H and O–H groups in total. The summed E-state index contributed by atoms with van der Waals surface area (Å²) < 4.78 is 0. The minimum absolute atomic E-state index is 0.0222. The predicted octanol–water partition coefficient (Wildman–Crippen LogP) is 3.17. The Labute approximate surface area is 161 Å². The second-order valence-corrected chi connectivity index (χ2v) is 6.92. The molecule has 2 aromatic carbocycles. The maximum atomic E-state index is 12.7. The van der Waals surface area contributed by atoms with Gasteiger partial charge in [-0.3, -0.25) is 24.5 Å². The summed E-state index contributed by atoms with van der Waals surface area (Å²) in [5, 5.41) is 13.7. The molecular weight excluding hydrogens is 362 g/mol. The standard InChI is InChI=1S/C20H19N3O5/c1-12(2)8-9-21-18(24)13-4-3-5-14(10-13)22-19(25)16-7-6-15(23(27)28)11-17(16)20(22)26/h3-7,10-12H,8-9H2,1-2H3,(H,21,24). The molecule has 3 amide bonds. The van der Waals surface area contributed by atoms with Crippen LogP contribution in [0.2, 0.25) is 0 Å². The van der Waals surface area contributed by atoms with Crippen molar-refractivity contribution >= 4 is 29.1 Å². The lowest BCUT2D eigenvalue weighted by Crippen LogP contribution is -2.30. The Bertz CT molecular complexity index is 984. The van der Waals surface area contributed by atoms with Crippen molar-refractivity contribution in [2.75, 3.05) is 11.4 Å². The van der Waals surface area contributed by atoms with E-state index in [0.717, 1.165) is 17.4 Å². The number of anilines is 1. The Kier molecular flexibility index (Phi) is 5.21. The summed E-state index contributed by atoms with van der Waals surface area (Å²) in [6.07, 6.45) is 0.836. The van der Waals surface area contributed by atoms with Crippen LogP contribution in [0.25, 0.3) is 0 Å². The zero-order valence-corrected chi connectivity index (χ0v) is 15.5. The van der Waals surface area contributed by atoms with Crippen LogP contribution in [0.15, 0.2) is 42.5 Å². The van der Waals surface area contributed by atoms with E-state index in [1.165, 1.54) is 18.2 Å². The first-order valence-corrected chi connectivity index (χ1v) is 8.85. The van der Waals surface area contributed by atoms with Gasteiger partial charge in [-0.1, -0.05) is 19.9 Å². The molecule has 3 rings (SSSR count). The van der Waals surface area contributed by atoms with Crippen molar-refractivity contribution < 1.29 is 19.3 Å². The van der Waals surface area contributed by atoms with Gasteiger partial charge in [0.25, 0.3) is 23.4 Å². The highest BCUT2D eigenvalue weighted by atomic mass is 16.6. The molecule has 8 nitrogen and oxygen atoms in total. The Morgan fingerprint density at radius 3 is 2.50 bits per heavy atom. The summed E-state index contributed by atoms with van der Waals surface area (Å²) in [5.74, 6) is -1.07. The number of nitrogens with zero attached hydrogens (tertiary/aromatic N) is 2. The zero-order chi connectivity index (χ0) is 20.4. The quantitative estimate of drug-likeness (QED) is 0.469. The highest BCUT2D eigenvalue weighted by Crippen LogP contribution is 2.31. The lowest BCUT2D eigenvalue weighted by Gasteiger charge is -2.15. The van der Waals surface area contributed by atoms with Crippen LogP contribution in [-0.4, -0.2) is 29.2 Å². The van der Waals surface area contributed by atoms with E-state index in [4.69, 9.17) is 0 Å². The van der Waals surface area contributed by atoms with Crippen molar-refractivity contribution in [3.8, 4) is 0 Å². The van der Waals surface area contributed by atoms with Gasteiger partial charge in [-0.25, -0.2) is 4.90 Å². The molecule has 0 saturated heterocycles. The van der Waals surface area contributed by atoms with Gasteiger partial charge in [-0.05, 0) is 36.6 Å². The third-order valence-electron chi connectivity index (χ3n) is 4.45. The minimum atomic E-state index is -0.652. The summed E-state index contributed by atoms with van der Waals surface area (Å²) in [6.45, 7) is 4.64. The third kappa shape index (κ3) is 3.62. The van der Waals surface area contributed by atoms with E-state index >= 15 is 0 Å². The molecule has 1 aliphatic heterocycles. The van der Waals surface area contributed by atoms with E-state index in [1.54, 1.807) is 18.2 Å². The molecule has 0 aliphatic carbocycles. The molecule has 0 fully saturated rings. The maximum Gasteiger partial charge on any atom is 0.270 e. The largest absolute Gasteiger partial charge is 0.352 e. The van der Waals surface area contributed by atoms with E-state index in [0.29, 0.717) is 18.0 Å². The van der Waals surface area contributed by atoms with Gasteiger partial charge in [0.05, 0.1) is 21.7 Å². The summed E-state index contributed by atoms with van der Waals surface area (Å²) in [5.41, 5.74) is 0.377. The van der Waals surface area contributed by atoms with E-state index in [2.05, 4.69) is 19.2 Å². The van der Waals surface area contributed by atoms with E-state index in [-0.39, 0.29) is 28.4 Å². The van der Waals surface area contributed by atoms with Gasteiger partial charge in [0.2, 0.25) is 0 Å². The number of rotatable bonds is 6. The second kappa shape index (κ2) is 7.59. The van der Waals surface area contributed by atoms with Crippen molar-refractivity contribution in [1.29, 1.82) is 0 Å². The summed E-state index contributed by atoms with van der Waals surface area (Å²) in [7, 11) is 0. The lowest BCUT2D eigenvalue weighted by molar-refractivity contribution is -0.384. The van der Waals surface area contributed by atoms with Gasteiger partial charge in [-0.2, -0.15) is 0 Å². The van der Waals surface area contributed by atoms with Gasteiger partial charge < -0.3 is 5.32 Å². The number of nitro benzene ring substituents is 1. The number of non-ortho nitro benzene ring substituents is 1. The van der Waals surface area contributed by atoms with Gasteiger partial charge >= 0.3 is 0 Å². The molecule has 1 aliphatic rings. The molecule has 0 spiro atoms. The van der Waals surface area contributed by atoms with Crippen LogP contribution in [0.4, 0.5) is 11.4 Å². The number of imide groups is 1. The highest BCUT2D eigenvalue weighted by molar-refractivity contribution is 6.34. The number of benzene rings is 2. The molecule has 28 heavy (non-hydrogen) atoms. The molecule has 0 radical (unpaired) electrons. The average Bonchev–Trinajstić information content (AvgIpc) is 2.91. The second-order valence-electron chi connectivity index (χ2n) is 6.92. The van der Waals surface area contributed by atoms with Crippen molar-refractivity contribution in [2.45, 2.75) is 20.3 Å². The van der Waals surface area contributed by atoms with Crippen LogP contribution in [0.5, 0.6) is 0 Å². The molecule has 0 bridgehead atoms. The van der Waals surface area contributed by atoms with Gasteiger partial charge in [0.1, 0.15) is 0 Å². The fraction of sp³-hybridized carbons (Fsp3) is 0.250. The van der Waals surface area contributed by atoms with Gasteiger partial charge in [0, 0.05) is 24.2 Å². The molecule has 1 heterocycles. The molecule has 0 atom stereocenters. The van der Waals surface area contributed by atoms with Gasteiger partial charge in [0.15, 0.2) is 0 Å². The van der Waals surface area contributed by atoms with Crippen LogP contribution in [0, 0.1) is 16.0 Å². The molecule has 2 aromatic rings. The Balaban J connectivity index is 1.86. The van der Waals surface area contributed by atoms with E-state index in [1.807, 2.05) is 0 Å². The molecule has 144 valence electrons. The molecule has 0 saturated carbocycles. The van der Waals surface area contributed by atoms with Crippen molar-refractivity contribution in [2.24, 2.45) is 5.92 Å². The zero-order valence-electron chi connectivity index (χ0n) is 15.5. The van der Waals surface area contributed by atoms with E-state index in [9.17, 15) is 24.5 Å². The van der Waals surface area contributed by atoms with Crippen LogP contribution >= 0.6 is 0 Å². The minimum Gasteiger partial charge on any atom is -0.352 e. The van der Waals surface area contributed by atoms with Crippen LogP contribution in [0.3, 0.4) is 0 Å². The molecular formula is C20H19N3O5. The maximum absolute atomic E-state index is 12.7. The lowest BCUT2D eigenvalue weighted by atomic mass is 10.1.